The lowest BCUT2D eigenvalue weighted by Gasteiger charge is -2.11. The first-order chi connectivity index (χ1) is 10.0. The van der Waals surface area contributed by atoms with Crippen molar-refractivity contribution < 1.29 is 14.3 Å². The van der Waals surface area contributed by atoms with Crippen LogP contribution in [0.1, 0.15) is 22.3 Å². The summed E-state index contributed by atoms with van der Waals surface area (Å²) >= 11 is 6.11. The summed E-state index contributed by atoms with van der Waals surface area (Å²) in [6, 6.07) is 3.25. The molecule has 6 heteroatoms. The van der Waals surface area contributed by atoms with Gasteiger partial charge in [0.2, 0.25) is 0 Å². The van der Waals surface area contributed by atoms with Crippen molar-refractivity contribution in [2.45, 2.75) is 12.8 Å². The van der Waals surface area contributed by atoms with Gasteiger partial charge in [-0.1, -0.05) is 11.6 Å². The molecule has 0 radical (unpaired) electrons. The summed E-state index contributed by atoms with van der Waals surface area (Å²) in [6.07, 6.45) is 4.68. The number of aromatic nitrogens is 2. The Morgan fingerprint density at radius 3 is 2.67 bits per heavy atom. The third-order valence-electron chi connectivity index (χ3n) is 3.15. The number of benzene rings is 1. The van der Waals surface area contributed by atoms with Crippen molar-refractivity contribution in [3.63, 3.8) is 0 Å². The van der Waals surface area contributed by atoms with Gasteiger partial charge in [-0.25, -0.2) is 0 Å². The van der Waals surface area contributed by atoms with E-state index in [1.165, 1.54) is 14.2 Å². The molecule has 0 spiro atoms. The van der Waals surface area contributed by atoms with Gasteiger partial charge in [-0.05, 0) is 24.1 Å². The van der Waals surface area contributed by atoms with Crippen molar-refractivity contribution in [2.75, 3.05) is 14.2 Å². The number of ketones is 1. The van der Waals surface area contributed by atoms with E-state index in [9.17, 15) is 4.79 Å². The van der Waals surface area contributed by atoms with Crippen molar-refractivity contribution in [3.05, 3.63) is 40.7 Å². The first-order valence-electron chi connectivity index (χ1n) is 6.47. The molecule has 0 aliphatic heterocycles. The Morgan fingerprint density at radius 1 is 1.33 bits per heavy atom. The minimum atomic E-state index is 0.00158. The third-order valence-corrected chi connectivity index (χ3v) is 3.44. The minimum absolute atomic E-state index is 0.00158. The van der Waals surface area contributed by atoms with E-state index in [4.69, 9.17) is 21.1 Å². The second kappa shape index (κ2) is 6.63. The Hall–Kier alpha value is -2.01. The molecule has 1 aromatic carbocycles. The lowest BCUT2D eigenvalue weighted by atomic mass is 10.0. The molecular formula is C15H17ClN2O3. The normalized spacial score (nSPS) is 10.5. The molecule has 112 valence electrons. The Kier molecular flexibility index (Phi) is 4.85. The predicted molar refractivity (Wildman–Crippen MR) is 80.4 cm³/mol. The average molecular weight is 309 g/mol. The van der Waals surface area contributed by atoms with Gasteiger partial charge in [0.25, 0.3) is 0 Å². The summed E-state index contributed by atoms with van der Waals surface area (Å²) in [5.74, 6) is 0.888. The van der Waals surface area contributed by atoms with E-state index in [1.807, 2.05) is 13.2 Å². The van der Waals surface area contributed by atoms with E-state index in [-0.39, 0.29) is 5.78 Å². The number of methoxy groups -OCH3 is 2. The van der Waals surface area contributed by atoms with Crippen LogP contribution in [0.3, 0.4) is 0 Å². The molecule has 1 aromatic heterocycles. The van der Waals surface area contributed by atoms with Gasteiger partial charge in [0.05, 0.1) is 25.4 Å². The summed E-state index contributed by atoms with van der Waals surface area (Å²) < 4.78 is 12.1. The predicted octanol–water partition coefficient (Wildman–Crippen LogP) is 2.91. The van der Waals surface area contributed by atoms with E-state index in [1.54, 1.807) is 23.0 Å². The van der Waals surface area contributed by atoms with Crippen LogP contribution >= 0.6 is 11.6 Å². The topological polar surface area (TPSA) is 53.3 Å². The Labute approximate surface area is 128 Å². The maximum atomic E-state index is 12.3. The number of Topliss-reactive ketones (excluding diaryl/α,β-unsaturated/α-hetero) is 1. The van der Waals surface area contributed by atoms with E-state index >= 15 is 0 Å². The van der Waals surface area contributed by atoms with Crippen LogP contribution in [0.2, 0.25) is 5.02 Å². The lowest BCUT2D eigenvalue weighted by Crippen LogP contribution is -2.03. The maximum absolute atomic E-state index is 12.3. The molecule has 0 bridgehead atoms. The summed E-state index contributed by atoms with van der Waals surface area (Å²) in [6.45, 7) is 0. The number of hydrogen-bond acceptors (Lipinski definition) is 4. The van der Waals surface area contributed by atoms with Gasteiger partial charge in [0.15, 0.2) is 17.3 Å². The number of nitrogens with zero attached hydrogens (tertiary/aromatic N) is 2. The van der Waals surface area contributed by atoms with Crippen LogP contribution in [-0.2, 0) is 13.5 Å². The second-order valence-corrected chi connectivity index (χ2v) is 5.05. The number of carbonyl (C=O) groups is 1. The molecule has 0 N–H and O–H groups in total. The zero-order valence-electron chi connectivity index (χ0n) is 12.2. The highest BCUT2D eigenvalue weighted by atomic mass is 35.5. The number of halogens is 1. The fraction of sp³-hybridized carbons (Fsp3) is 0.333. The Bertz CT molecular complexity index is 652. The molecule has 2 rings (SSSR count). The highest BCUT2D eigenvalue weighted by molar-refractivity contribution is 6.32. The number of aryl methyl sites for hydroxylation is 2. The first-order valence-corrected chi connectivity index (χ1v) is 6.85. The monoisotopic (exact) mass is 308 g/mol. The first kappa shape index (κ1) is 15.4. The molecule has 0 aliphatic carbocycles. The van der Waals surface area contributed by atoms with Crippen molar-refractivity contribution in [3.8, 4) is 11.5 Å². The van der Waals surface area contributed by atoms with Gasteiger partial charge in [0.1, 0.15) is 0 Å². The van der Waals surface area contributed by atoms with E-state index < -0.39 is 0 Å². The molecule has 1 heterocycles. The molecule has 21 heavy (non-hydrogen) atoms. The molecular weight excluding hydrogens is 292 g/mol. The standard InChI is InChI=1S/C15H17ClN2O3/c1-18-9-10(8-17-18)4-5-13(19)11-6-12(16)15(21-3)14(7-11)20-2/h6-9H,4-5H2,1-3H3. The highest BCUT2D eigenvalue weighted by Gasteiger charge is 2.15. The quantitative estimate of drug-likeness (QED) is 0.770. The lowest BCUT2D eigenvalue weighted by molar-refractivity contribution is 0.0982. The zero-order chi connectivity index (χ0) is 15.4. The SMILES string of the molecule is COc1cc(C(=O)CCc2cnn(C)c2)cc(Cl)c1OC. The third kappa shape index (κ3) is 3.55. The van der Waals surface area contributed by atoms with Crippen molar-refractivity contribution in [1.82, 2.24) is 9.78 Å². The van der Waals surface area contributed by atoms with Gasteiger partial charge < -0.3 is 9.47 Å². The van der Waals surface area contributed by atoms with Gasteiger partial charge in [0, 0.05) is 25.2 Å². The van der Waals surface area contributed by atoms with Crippen LogP contribution in [0.4, 0.5) is 0 Å². The van der Waals surface area contributed by atoms with E-state index in [0.717, 1.165) is 5.56 Å². The molecule has 2 aromatic rings. The molecule has 0 amide bonds. The largest absolute Gasteiger partial charge is 0.493 e. The molecule has 0 aliphatic rings. The van der Waals surface area contributed by atoms with Crippen molar-refractivity contribution in [2.24, 2.45) is 7.05 Å². The van der Waals surface area contributed by atoms with E-state index in [0.29, 0.717) is 34.9 Å². The summed E-state index contributed by atoms with van der Waals surface area (Å²) in [4.78, 5) is 12.3. The molecule has 0 unspecified atom stereocenters. The molecule has 0 saturated carbocycles. The Balaban J connectivity index is 2.13. The van der Waals surface area contributed by atoms with Crippen LogP contribution in [0, 0.1) is 0 Å². The summed E-state index contributed by atoms with van der Waals surface area (Å²) in [5, 5.41) is 4.44. The number of ether oxygens (including phenoxy) is 2. The molecule has 0 saturated heterocycles. The van der Waals surface area contributed by atoms with Crippen LogP contribution in [0.5, 0.6) is 11.5 Å². The van der Waals surface area contributed by atoms with Gasteiger partial charge in [-0.2, -0.15) is 5.10 Å². The average Bonchev–Trinajstić information content (AvgIpc) is 2.89. The Morgan fingerprint density at radius 2 is 2.10 bits per heavy atom. The minimum Gasteiger partial charge on any atom is -0.493 e. The van der Waals surface area contributed by atoms with Gasteiger partial charge in [-0.3, -0.25) is 9.48 Å². The van der Waals surface area contributed by atoms with Crippen molar-refractivity contribution in [1.29, 1.82) is 0 Å². The fourth-order valence-electron chi connectivity index (χ4n) is 2.08. The van der Waals surface area contributed by atoms with Crippen LogP contribution in [0.25, 0.3) is 0 Å². The van der Waals surface area contributed by atoms with Crippen LogP contribution < -0.4 is 9.47 Å². The van der Waals surface area contributed by atoms with Crippen molar-refractivity contribution >= 4 is 17.4 Å². The zero-order valence-corrected chi connectivity index (χ0v) is 13.0. The fourth-order valence-corrected chi connectivity index (χ4v) is 2.37. The summed E-state index contributed by atoms with van der Waals surface area (Å²) in [7, 11) is 4.87. The highest BCUT2D eigenvalue weighted by Crippen LogP contribution is 2.36. The van der Waals surface area contributed by atoms with Gasteiger partial charge >= 0.3 is 0 Å². The molecule has 0 atom stereocenters. The molecule has 5 nitrogen and oxygen atoms in total. The number of carbonyl (C=O) groups excluding carboxylic acids is 1. The van der Waals surface area contributed by atoms with Crippen LogP contribution in [-0.4, -0.2) is 29.8 Å². The summed E-state index contributed by atoms with van der Waals surface area (Å²) in [5.41, 5.74) is 1.54. The second-order valence-electron chi connectivity index (χ2n) is 4.64. The number of rotatable bonds is 6. The smallest absolute Gasteiger partial charge is 0.179 e. The maximum Gasteiger partial charge on any atom is 0.179 e. The van der Waals surface area contributed by atoms with Gasteiger partial charge in [-0.15, -0.1) is 0 Å². The van der Waals surface area contributed by atoms with Crippen LogP contribution in [0.15, 0.2) is 24.5 Å². The van der Waals surface area contributed by atoms with E-state index in [2.05, 4.69) is 5.10 Å². The number of hydrogen-bond donors (Lipinski definition) is 0. The molecule has 0 fully saturated rings.